The molecule has 0 aliphatic rings. The SMILES string of the molecule is Cn1cc(-c2nccn3nc(Cc4ccc(CS(=O)(=O)O)c(N)c4)nc23)cn1. The van der Waals surface area contributed by atoms with Gasteiger partial charge >= 0.3 is 0 Å². The Morgan fingerprint density at radius 2 is 2.11 bits per heavy atom. The number of rotatable bonds is 5. The minimum atomic E-state index is -4.14. The van der Waals surface area contributed by atoms with Gasteiger partial charge in [0, 0.05) is 43.3 Å². The smallest absolute Gasteiger partial charge is 0.269 e. The lowest BCUT2D eigenvalue weighted by Crippen LogP contribution is -2.05. The van der Waals surface area contributed by atoms with Crippen LogP contribution < -0.4 is 5.73 Å². The van der Waals surface area contributed by atoms with Gasteiger partial charge in [0.2, 0.25) is 0 Å². The van der Waals surface area contributed by atoms with Crippen LogP contribution in [0.4, 0.5) is 5.69 Å². The third kappa shape index (κ3) is 3.70. The molecule has 0 saturated carbocycles. The van der Waals surface area contributed by atoms with Gasteiger partial charge in [0.1, 0.15) is 11.4 Å². The van der Waals surface area contributed by atoms with Gasteiger partial charge in [0.15, 0.2) is 11.5 Å². The van der Waals surface area contributed by atoms with Crippen LogP contribution in [0.25, 0.3) is 16.9 Å². The van der Waals surface area contributed by atoms with Crippen LogP contribution in [0.5, 0.6) is 0 Å². The topological polar surface area (TPSA) is 141 Å². The summed E-state index contributed by atoms with van der Waals surface area (Å²) >= 11 is 0. The van der Waals surface area contributed by atoms with Crippen molar-refractivity contribution in [2.45, 2.75) is 12.2 Å². The van der Waals surface area contributed by atoms with E-state index in [2.05, 4.69) is 20.2 Å². The maximum Gasteiger partial charge on any atom is 0.269 e. The van der Waals surface area contributed by atoms with Crippen LogP contribution in [0, 0.1) is 0 Å². The molecule has 0 atom stereocenters. The van der Waals surface area contributed by atoms with Gasteiger partial charge in [-0.15, -0.1) is 0 Å². The molecular formula is C17H17N7O3S. The molecule has 0 amide bonds. The molecule has 0 unspecified atom stereocenters. The predicted molar refractivity (Wildman–Crippen MR) is 102 cm³/mol. The van der Waals surface area contributed by atoms with Crippen LogP contribution >= 0.6 is 0 Å². The Balaban J connectivity index is 1.65. The second kappa shape index (κ2) is 6.69. The van der Waals surface area contributed by atoms with E-state index in [1.807, 2.05) is 13.2 Å². The average Bonchev–Trinajstić information content (AvgIpc) is 3.21. The number of nitrogens with zero attached hydrogens (tertiary/aromatic N) is 6. The van der Waals surface area contributed by atoms with E-state index in [1.54, 1.807) is 46.0 Å². The maximum absolute atomic E-state index is 11.0. The molecule has 0 bridgehead atoms. The molecule has 144 valence electrons. The molecular weight excluding hydrogens is 382 g/mol. The highest BCUT2D eigenvalue weighted by Crippen LogP contribution is 2.22. The molecule has 11 heteroatoms. The van der Waals surface area contributed by atoms with Gasteiger partial charge in [-0.25, -0.2) is 9.50 Å². The van der Waals surface area contributed by atoms with E-state index in [4.69, 9.17) is 10.3 Å². The van der Waals surface area contributed by atoms with Gasteiger partial charge in [-0.2, -0.15) is 18.6 Å². The normalized spacial score (nSPS) is 11.9. The fraction of sp³-hybridized carbons (Fsp3) is 0.176. The fourth-order valence-corrected chi connectivity index (χ4v) is 3.60. The highest BCUT2D eigenvalue weighted by Gasteiger charge is 2.14. The zero-order valence-corrected chi connectivity index (χ0v) is 15.7. The van der Waals surface area contributed by atoms with E-state index < -0.39 is 15.9 Å². The van der Waals surface area contributed by atoms with Crippen molar-refractivity contribution in [3.05, 3.63) is 59.9 Å². The van der Waals surface area contributed by atoms with E-state index in [-0.39, 0.29) is 5.69 Å². The molecule has 4 rings (SSSR count). The van der Waals surface area contributed by atoms with Crippen LogP contribution in [-0.4, -0.2) is 42.3 Å². The third-order valence-corrected chi connectivity index (χ3v) is 4.86. The molecule has 0 fully saturated rings. The molecule has 10 nitrogen and oxygen atoms in total. The lowest BCUT2D eigenvalue weighted by atomic mass is 10.1. The Labute approximate surface area is 160 Å². The van der Waals surface area contributed by atoms with Crippen molar-refractivity contribution < 1.29 is 13.0 Å². The van der Waals surface area contributed by atoms with Crippen molar-refractivity contribution in [3.63, 3.8) is 0 Å². The fourth-order valence-electron chi connectivity index (χ4n) is 2.95. The van der Waals surface area contributed by atoms with Gasteiger partial charge in [-0.05, 0) is 17.2 Å². The van der Waals surface area contributed by atoms with Crippen molar-refractivity contribution >= 4 is 21.5 Å². The Morgan fingerprint density at radius 3 is 2.79 bits per heavy atom. The van der Waals surface area contributed by atoms with E-state index in [0.717, 1.165) is 11.1 Å². The number of nitrogens with two attached hydrogens (primary N) is 1. The molecule has 28 heavy (non-hydrogen) atoms. The monoisotopic (exact) mass is 399 g/mol. The summed E-state index contributed by atoms with van der Waals surface area (Å²) in [5.74, 6) is 0.0476. The van der Waals surface area contributed by atoms with E-state index in [9.17, 15) is 8.42 Å². The van der Waals surface area contributed by atoms with Crippen LogP contribution in [0.2, 0.25) is 0 Å². The Bertz CT molecular complexity index is 1280. The minimum absolute atomic E-state index is 0.289. The van der Waals surface area contributed by atoms with E-state index in [0.29, 0.717) is 29.1 Å². The van der Waals surface area contributed by atoms with Crippen LogP contribution in [-0.2, 0) is 29.3 Å². The van der Waals surface area contributed by atoms with E-state index in [1.165, 1.54) is 0 Å². The van der Waals surface area contributed by atoms with Crippen molar-refractivity contribution in [1.82, 2.24) is 29.4 Å². The highest BCUT2D eigenvalue weighted by molar-refractivity contribution is 7.85. The minimum Gasteiger partial charge on any atom is -0.398 e. The molecule has 1 aromatic carbocycles. The molecule has 3 aromatic heterocycles. The first-order chi connectivity index (χ1) is 13.3. The lowest BCUT2D eigenvalue weighted by Gasteiger charge is -2.06. The summed E-state index contributed by atoms with van der Waals surface area (Å²) in [6, 6.07) is 4.98. The first-order valence-corrected chi connectivity index (χ1v) is 9.91. The number of anilines is 1. The predicted octanol–water partition coefficient (Wildman–Crippen LogP) is 1.09. The molecule has 0 aliphatic carbocycles. The number of hydrogen-bond acceptors (Lipinski definition) is 7. The van der Waals surface area contributed by atoms with Gasteiger partial charge in [0.05, 0.1) is 6.20 Å². The van der Waals surface area contributed by atoms with Gasteiger partial charge in [-0.3, -0.25) is 14.2 Å². The number of nitrogen functional groups attached to an aromatic ring is 1. The first-order valence-electron chi connectivity index (χ1n) is 8.30. The summed E-state index contributed by atoms with van der Waals surface area (Å²) in [5, 5.41) is 8.64. The standard InChI is InChI=1S/C17H17N7O3S/c1-23-9-13(8-20-23)16-17-21-15(22-24(17)5-4-19-16)7-11-2-3-12(14(18)6-11)10-28(25,26)27/h2-6,8-9H,7,10,18H2,1H3,(H,25,26,27). The van der Waals surface area contributed by atoms with E-state index >= 15 is 0 Å². The number of benzene rings is 1. The average molecular weight is 399 g/mol. The largest absolute Gasteiger partial charge is 0.398 e. The molecule has 0 aliphatic heterocycles. The van der Waals surface area contributed by atoms with Crippen molar-refractivity contribution in [2.75, 3.05) is 5.73 Å². The zero-order chi connectivity index (χ0) is 19.9. The second-order valence-electron chi connectivity index (χ2n) is 6.41. The second-order valence-corrected chi connectivity index (χ2v) is 7.86. The third-order valence-electron chi connectivity index (χ3n) is 4.19. The summed E-state index contributed by atoms with van der Waals surface area (Å²) in [6.45, 7) is 0. The summed E-state index contributed by atoms with van der Waals surface area (Å²) < 4.78 is 34.4. The number of aryl methyl sites for hydroxylation is 1. The Hall–Kier alpha value is -3.31. The summed E-state index contributed by atoms with van der Waals surface area (Å²) in [4.78, 5) is 8.97. The van der Waals surface area contributed by atoms with Crippen LogP contribution in [0.3, 0.4) is 0 Å². The Morgan fingerprint density at radius 1 is 1.29 bits per heavy atom. The van der Waals surface area contributed by atoms with Gasteiger partial charge in [0.25, 0.3) is 10.1 Å². The molecule has 3 N–H and O–H groups in total. The number of aromatic nitrogens is 6. The number of hydrogen-bond donors (Lipinski definition) is 2. The van der Waals surface area contributed by atoms with Crippen molar-refractivity contribution in [2.24, 2.45) is 7.05 Å². The molecule has 4 aromatic rings. The molecule has 3 heterocycles. The highest BCUT2D eigenvalue weighted by atomic mass is 32.2. The lowest BCUT2D eigenvalue weighted by molar-refractivity contribution is 0.482. The number of fused-ring (bicyclic) bond motifs is 1. The molecule has 0 radical (unpaired) electrons. The van der Waals surface area contributed by atoms with Gasteiger partial charge in [-0.1, -0.05) is 12.1 Å². The van der Waals surface area contributed by atoms with Crippen molar-refractivity contribution in [3.8, 4) is 11.3 Å². The zero-order valence-electron chi connectivity index (χ0n) is 14.9. The molecule has 0 saturated heterocycles. The van der Waals surface area contributed by atoms with Gasteiger partial charge < -0.3 is 5.73 Å². The quantitative estimate of drug-likeness (QED) is 0.375. The maximum atomic E-state index is 11.0. The summed E-state index contributed by atoms with van der Waals surface area (Å²) in [6.07, 6.45) is 7.34. The van der Waals surface area contributed by atoms with Crippen LogP contribution in [0.15, 0.2) is 43.0 Å². The van der Waals surface area contributed by atoms with Crippen LogP contribution in [0.1, 0.15) is 17.0 Å². The van der Waals surface area contributed by atoms with Crippen molar-refractivity contribution in [1.29, 1.82) is 0 Å². The Kier molecular flexibility index (Phi) is 4.32. The summed E-state index contributed by atoms with van der Waals surface area (Å²) in [7, 11) is -2.31. The first kappa shape index (κ1) is 18.1. The molecule has 0 spiro atoms. The summed E-state index contributed by atoms with van der Waals surface area (Å²) in [5.41, 5.74) is 9.50.